The van der Waals surface area contributed by atoms with Gasteiger partial charge < -0.3 is 0 Å². The van der Waals surface area contributed by atoms with E-state index in [2.05, 4.69) is 19.3 Å². The van der Waals surface area contributed by atoms with Crippen molar-refractivity contribution in [2.45, 2.75) is 58.0 Å². The van der Waals surface area contributed by atoms with Crippen molar-refractivity contribution < 1.29 is 14.4 Å². The Morgan fingerprint density at radius 3 is 2.20 bits per heavy atom. The number of hydrogen-bond acceptors (Lipinski definition) is 4. The molecule has 1 aromatic rings. The highest BCUT2D eigenvalue weighted by molar-refractivity contribution is 6.21. The lowest BCUT2D eigenvalue weighted by Crippen LogP contribution is -2.54. The van der Waals surface area contributed by atoms with Crippen LogP contribution in [-0.4, -0.2) is 46.3 Å². The molecule has 0 saturated carbocycles. The molecule has 2 heterocycles. The molecule has 1 saturated heterocycles. The van der Waals surface area contributed by atoms with E-state index in [1.54, 1.807) is 24.3 Å². The number of carbonyl (C=O) groups excluding carboxylic acids is 3. The number of nitrogens with zero attached hydrogens (tertiary/aromatic N) is 2. The maximum Gasteiger partial charge on any atom is 0.261 e. The zero-order valence-corrected chi connectivity index (χ0v) is 14.8. The number of hydrazine groups is 1. The Morgan fingerprint density at radius 1 is 1.08 bits per heavy atom. The van der Waals surface area contributed by atoms with Gasteiger partial charge in [-0.1, -0.05) is 18.6 Å². The molecule has 3 rings (SSSR count). The number of fused-ring (bicyclic) bond motifs is 1. The molecule has 6 nitrogen and oxygen atoms in total. The van der Waals surface area contributed by atoms with Gasteiger partial charge in [-0.2, -0.15) is 0 Å². The molecule has 25 heavy (non-hydrogen) atoms. The molecule has 2 atom stereocenters. The maximum atomic E-state index is 12.3. The number of hydrogen-bond donors (Lipinski definition) is 1. The lowest BCUT2D eigenvalue weighted by Gasteiger charge is -2.38. The molecule has 1 fully saturated rings. The summed E-state index contributed by atoms with van der Waals surface area (Å²) in [5, 5.41) is 2.04. The quantitative estimate of drug-likeness (QED) is 0.833. The van der Waals surface area contributed by atoms with Crippen LogP contribution in [0, 0.1) is 0 Å². The van der Waals surface area contributed by atoms with E-state index in [-0.39, 0.29) is 24.3 Å². The molecule has 1 aromatic carbocycles. The standard InChI is InChI=1S/C19H25N3O3/c1-13-7-5-8-14(2)22(13)20-17(23)11-6-12-21-18(24)15-9-3-4-10-16(15)19(21)25/h3-4,9-10,13-14H,5-8,11-12H2,1-2H3,(H,20,23). The van der Waals surface area contributed by atoms with Gasteiger partial charge in [0.1, 0.15) is 0 Å². The maximum absolute atomic E-state index is 12.3. The van der Waals surface area contributed by atoms with Crippen LogP contribution in [0.2, 0.25) is 0 Å². The van der Waals surface area contributed by atoms with Gasteiger partial charge in [0.15, 0.2) is 0 Å². The van der Waals surface area contributed by atoms with Crippen molar-refractivity contribution in [2.75, 3.05) is 6.54 Å². The van der Waals surface area contributed by atoms with Crippen molar-refractivity contribution >= 4 is 17.7 Å². The minimum Gasteiger partial charge on any atom is -0.288 e. The Hall–Kier alpha value is -2.21. The summed E-state index contributed by atoms with van der Waals surface area (Å²) in [5.74, 6) is -0.587. The van der Waals surface area contributed by atoms with Crippen LogP contribution in [-0.2, 0) is 4.79 Å². The monoisotopic (exact) mass is 343 g/mol. The molecule has 0 aliphatic carbocycles. The first kappa shape index (κ1) is 17.6. The normalized spacial score (nSPS) is 23.7. The van der Waals surface area contributed by atoms with Crippen LogP contribution in [0.4, 0.5) is 0 Å². The molecule has 2 unspecified atom stereocenters. The Balaban J connectivity index is 1.49. The Kier molecular flexibility index (Phi) is 5.18. The van der Waals surface area contributed by atoms with Gasteiger partial charge in [0.05, 0.1) is 11.1 Å². The van der Waals surface area contributed by atoms with E-state index in [0.29, 0.717) is 36.1 Å². The number of amides is 3. The third-order valence-electron chi connectivity index (χ3n) is 5.11. The van der Waals surface area contributed by atoms with Crippen molar-refractivity contribution in [3.05, 3.63) is 35.4 Å². The average molecular weight is 343 g/mol. The summed E-state index contributed by atoms with van der Waals surface area (Å²) in [4.78, 5) is 38.0. The number of piperidine rings is 1. The zero-order valence-electron chi connectivity index (χ0n) is 14.8. The Morgan fingerprint density at radius 2 is 1.64 bits per heavy atom. The van der Waals surface area contributed by atoms with Gasteiger partial charge in [-0.05, 0) is 45.2 Å². The molecule has 0 aromatic heterocycles. The first-order valence-corrected chi connectivity index (χ1v) is 9.02. The van der Waals surface area contributed by atoms with E-state index in [4.69, 9.17) is 0 Å². The van der Waals surface area contributed by atoms with E-state index < -0.39 is 0 Å². The predicted molar refractivity (Wildman–Crippen MR) is 93.8 cm³/mol. The number of carbonyl (C=O) groups is 3. The van der Waals surface area contributed by atoms with Crippen molar-refractivity contribution in [1.29, 1.82) is 0 Å². The topological polar surface area (TPSA) is 69.7 Å². The molecule has 2 aliphatic rings. The summed E-state index contributed by atoms with van der Waals surface area (Å²) in [6.45, 7) is 4.51. The number of imide groups is 1. The van der Waals surface area contributed by atoms with Gasteiger partial charge in [0.25, 0.3) is 11.8 Å². The highest BCUT2D eigenvalue weighted by Crippen LogP contribution is 2.23. The van der Waals surface area contributed by atoms with E-state index in [9.17, 15) is 14.4 Å². The molecule has 0 radical (unpaired) electrons. The summed E-state index contributed by atoms with van der Waals surface area (Å²) in [7, 11) is 0. The minimum absolute atomic E-state index is 0.0581. The van der Waals surface area contributed by atoms with E-state index in [1.165, 1.54) is 11.3 Å². The van der Waals surface area contributed by atoms with Crippen molar-refractivity contribution in [2.24, 2.45) is 0 Å². The van der Waals surface area contributed by atoms with E-state index in [0.717, 1.165) is 12.8 Å². The molecular formula is C19H25N3O3. The van der Waals surface area contributed by atoms with Crippen LogP contribution >= 0.6 is 0 Å². The summed E-state index contributed by atoms with van der Waals surface area (Å²) in [5.41, 5.74) is 3.89. The van der Waals surface area contributed by atoms with Crippen molar-refractivity contribution in [3.63, 3.8) is 0 Å². The molecule has 1 N–H and O–H groups in total. The van der Waals surface area contributed by atoms with E-state index in [1.807, 2.05) is 5.01 Å². The van der Waals surface area contributed by atoms with Crippen molar-refractivity contribution in [3.8, 4) is 0 Å². The average Bonchev–Trinajstić information content (AvgIpc) is 2.84. The fourth-order valence-corrected chi connectivity index (χ4v) is 3.68. The second-order valence-corrected chi connectivity index (χ2v) is 6.98. The fraction of sp³-hybridized carbons (Fsp3) is 0.526. The largest absolute Gasteiger partial charge is 0.288 e. The van der Waals surface area contributed by atoms with Gasteiger partial charge >= 0.3 is 0 Å². The Labute approximate surface area is 148 Å². The van der Waals surface area contributed by atoms with Crippen LogP contribution < -0.4 is 5.43 Å². The van der Waals surface area contributed by atoms with Crippen LogP contribution in [0.5, 0.6) is 0 Å². The van der Waals surface area contributed by atoms with Crippen LogP contribution in [0.15, 0.2) is 24.3 Å². The van der Waals surface area contributed by atoms with E-state index >= 15 is 0 Å². The fourth-order valence-electron chi connectivity index (χ4n) is 3.68. The van der Waals surface area contributed by atoms with Gasteiger partial charge in [-0.25, -0.2) is 5.01 Å². The first-order chi connectivity index (χ1) is 12.0. The SMILES string of the molecule is CC1CCCC(C)N1NC(=O)CCCN1C(=O)c2ccccc2C1=O. The van der Waals surface area contributed by atoms with Gasteiger partial charge in [-0.15, -0.1) is 0 Å². The second-order valence-electron chi connectivity index (χ2n) is 6.98. The highest BCUT2D eigenvalue weighted by Gasteiger charge is 2.34. The second kappa shape index (κ2) is 7.35. The number of rotatable bonds is 5. The summed E-state index contributed by atoms with van der Waals surface area (Å²) < 4.78 is 0. The number of benzene rings is 1. The van der Waals surface area contributed by atoms with Gasteiger partial charge in [0, 0.05) is 25.0 Å². The lowest BCUT2D eigenvalue weighted by atomic mass is 10.00. The number of nitrogens with one attached hydrogen (secondary N) is 1. The lowest BCUT2D eigenvalue weighted by molar-refractivity contribution is -0.129. The first-order valence-electron chi connectivity index (χ1n) is 9.02. The summed E-state index contributed by atoms with van der Waals surface area (Å²) >= 11 is 0. The zero-order chi connectivity index (χ0) is 18.0. The summed E-state index contributed by atoms with van der Waals surface area (Å²) in [6, 6.07) is 7.51. The third kappa shape index (κ3) is 3.58. The molecule has 134 valence electrons. The molecule has 3 amide bonds. The van der Waals surface area contributed by atoms with Crippen LogP contribution in [0.1, 0.15) is 66.7 Å². The smallest absolute Gasteiger partial charge is 0.261 e. The van der Waals surface area contributed by atoms with Crippen molar-refractivity contribution in [1.82, 2.24) is 15.3 Å². The molecular weight excluding hydrogens is 318 g/mol. The van der Waals surface area contributed by atoms with Gasteiger partial charge in [0.2, 0.25) is 5.91 Å². The molecule has 2 aliphatic heterocycles. The molecule has 0 spiro atoms. The van der Waals surface area contributed by atoms with Crippen LogP contribution in [0.25, 0.3) is 0 Å². The predicted octanol–water partition coefficient (Wildman–Crippen LogP) is 2.36. The third-order valence-corrected chi connectivity index (χ3v) is 5.11. The summed E-state index contributed by atoms with van der Waals surface area (Å²) in [6.07, 6.45) is 4.12. The molecule has 0 bridgehead atoms. The minimum atomic E-state index is -0.265. The highest BCUT2D eigenvalue weighted by atomic mass is 16.2. The van der Waals surface area contributed by atoms with Crippen LogP contribution in [0.3, 0.4) is 0 Å². The Bertz CT molecular complexity index is 643. The molecule has 6 heteroatoms. The van der Waals surface area contributed by atoms with Gasteiger partial charge in [-0.3, -0.25) is 24.7 Å².